The number of hydrogen-bond acceptors (Lipinski definition) is 7. The minimum Gasteiger partial charge on any atom is -0.467 e. The number of carbonyl (C=O) groups excluding carboxylic acids is 1. The second kappa shape index (κ2) is 8.01. The van der Waals surface area contributed by atoms with Gasteiger partial charge in [-0.15, -0.1) is 0 Å². The van der Waals surface area contributed by atoms with Crippen LogP contribution in [0.15, 0.2) is 69.9 Å². The Labute approximate surface area is 189 Å². The molecule has 0 aliphatic carbocycles. The monoisotopic (exact) mass is 442 g/mol. The molecule has 0 saturated heterocycles. The number of fused-ring (bicyclic) bond motifs is 1. The number of benzene rings is 1. The summed E-state index contributed by atoms with van der Waals surface area (Å²) in [6.07, 6.45) is 3.27. The van der Waals surface area contributed by atoms with Crippen LogP contribution in [0.25, 0.3) is 22.3 Å². The third kappa shape index (κ3) is 4.00. The summed E-state index contributed by atoms with van der Waals surface area (Å²) in [4.78, 5) is 22.6. The summed E-state index contributed by atoms with van der Waals surface area (Å²) in [5, 5.41) is 12.1. The van der Waals surface area contributed by atoms with E-state index in [0.717, 1.165) is 11.3 Å². The molecule has 4 aromatic heterocycles. The summed E-state index contributed by atoms with van der Waals surface area (Å²) in [5.74, 6) is 1.29. The molecule has 9 heteroatoms. The lowest BCUT2D eigenvalue weighted by Gasteiger charge is -2.22. The quantitative estimate of drug-likeness (QED) is 0.421. The van der Waals surface area contributed by atoms with Gasteiger partial charge in [0.2, 0.25) is 5.89 Å². The highest BCUT2D eigenvalue weighted by Gasteiger charge is 2.30. The highest BCUT2D eigenvalue weighted by Crippen LogP contribution is 2.27. The van der Waals surface area contributed by atoms with Gasteiger partial charge in [0.1, 0.15) is 12.3 Å². The number of pyridine rings is 1. The molecule has 0 saturated carbocycles. The number of carbonyl (C=O) groups is 1. The Morgan fingerprint density at radius 3 is 2.64 bits per heavy atom. The van der Waals surface area contributed by atoms with Gasteiger partial charge in [0.15, 0.2) is 11.5 Å². The normalized spacial score (nSPS) is 11.7. The molecule has 1 amide bonds. The molecule has 5 rings (SSSR count). The van der Waals surface area contributed by atoms with Crippen molar-refractivity contribution in [1.29, 1.82) is 0 Å². The number of nitrogens with zero attached hydrogens (tertiary/aromatic N) is 5. The van der Waals surface area contributed by atoms with Crippen LogP contribution in [0.3, 0.4) is 0 Å². The standard InChI is InChI=1S/C24H22N6O3/c1-15-26-23(29-33-15)24(2,3)28-22(31)18-12-20(16-8-5-4-6-9-16)27-21-19(18)13-25-30(21)14-17-10-7-11-32-17/h4-13H,14H2,1-3H3,(H,28,31). The first-order valence-corrected chi connectivity index (χ1v) is 10.5. The number of nitrogens with one attached hydrogen (secondary N) is 1. The Balaban J connectivity index is 1.59. The molecule has 166 valence electrons. The maximum Gasteiger partial charge on any atom is 0.252 e. The molecular weight excluding hydrogens is 420 g/mol. The molecule has 4 heterocycles. The summed E-state index contributed by atoms with van der Waals surface area (Å²) < 4.78 is 12.3. The molecule has 0 radical (unpaired) electrons. The first-order valence-electron chi connectivity index (χ1n) is 10.5. The summed E-state index contributed by atoms with van der Waals surface area (Å²) in [5.41, 5.74) is 1.76. The minimum absolute atomic E-state index is 0.287. The molecule has 0 atom stereocenters. The van der Waals surface area contributed by atoms with E-state index < -0.39 is 5.54 Å². The van der Waals surface area contributed by atoms with Crippen molar-refractivity contribution in [3.05, 3.63) is 84.0 Å². The fraction of sp³-hybridized carbons (Fsp3) is 0.208. The van der Waals surface area contributed by atoms with E-state index in [4.69, 9.17) is 13.9 Å². The zero-order valence-electron chi connectivity index (χ0n) is 18.4. The third-order valence-corrected chi connectivity index (χ3v) is 5.32. The summed E-state index contributed by atoms with van der Waals surface area (Å²) >= 11 is 0. The van der Waals surface area contributed by atoms with Crippen molar-refractivity contribution < 1.29 is 13.7 Å². The van der Waals surface area contributed by atoms with Crippen LogP contribution in [-0.2, 0) is 12.1 Å². The van der Waals surface area contributed by atoms with Crippen molar-refractivity contribution in [3.63, 3.8) is 0 Å². The summed E-state index contributed by atoms with van der Waals surface area (Å²) in [6, 6.07) is 15.2. The fourth-order valence-corrected chi connectivity index (χ4v) is 3.62. The van der Waals surface area contributed by atoms with E-state index in [2.05, 4.69) is 20.6 Å². The van der Waals surface area contributed by atoms with Gasteiger partial charge in [0, 0.05) is 12.5 Å². The van der Waals surface area contributed by atoms with Gasteiger partial charge in [0.25, 0.3) is 5.91 Å². The van der Waals surface area contributed by atoms with Gasteiger partial charge in [-0.3, -0.25) is 4.79 Å². The van der Waals surface area contributed by atoms with Crippen LogP contribution in [0.1, 0.15) is 41.7 Å². The highest BCUT2D eigenvalue weighted by atomic mass is 16.5. The Morgan fingerprint density at radius 2 is 1.94 bits per heavy atom. The smallest absolute Gasteiger partial charge is 0.252 e. The largest absolute Gasteiger partial charge is 0.467 e. The molecule has 1 aromatic carbocycles. The second-order valence-electron chi connectivity index (χ2n) is 8.26. The van der Waals surface area contributed by atoms with Crippen LogP contribution in [0.5, 0.6) is 0 Å². The number of rotatable bonds is 6. The van der Waals surface area contributed by atoms with Crippen LogP contribution < -0.4 is 5.32 Å². The van der Waals surface area contributed by atoms with Crippen LogP contribution >= 0.6 is 0 Å². The molecule has 0 spiro atoms. The maximum atomic E-state index is 13.5. The SMILES string of the molecule is Cc1nc(C(C)(C)NC(=O)c2cc(-c3ccccc3)nc3c2cnn3Cc2ccco2)no1. The molecule has 0 aliphatic rings. The number of aryl methyl sites for hydroxylation is 1. The molecule has 0 aliphatic heterocycles. The molecule has 5 aromatic rings. The first kappa shape index (κ1) is 20.6. The van der Waals surface area contributed by atoms with Gasteiger partial charge in [0.05, 0.1) is 34.6 Å². The second-order valence-corrected chi connectivity index (χ2v) is 8.26. The molecule has 0 unspecified atom stereocenters. The van der Waals surface area contributed by atoms with Crippen molar-refractivity contribution in [2.45, 2.75) is 32.9 Å². The minimum atomic E-state index is -0.846. The van der Waals surface area contributed by atoms with Crippen LogP contribution in [0.2, 0.25) is 0 Å². The first-order chi connectivity index (χ1) is 15.9. The zero-order valence-corrected chi connectivity index (χ0v) is 18.4. The number of aromatic nitrogens is 5. The average Bonchev–Trinajstić information content (AvgIpc) is 3.56. The number of hydrogen-bond donors (Lipinski definition) is 1. The number of amides is 1. The summed E-state index contributed by atoms with van der Waals surface area (Å²) in [7, 11) is 0. The maximum absolute atomic E-state index is 13.5. The van der Waals surface area contributed by atoms with Gasteiger partial charge in [-0.25, -0.2) is 9.67 Å². The van der Waals surface area contributed by atoms with Crippen LogP contribution in [0, 0.1) is 6.92 Å². The van der Waals surface area contributed by atoms with E-state index in [-0.39, 0.29) is 5.91 Å². The van der Waals surface area contributed by atoms with Crippen LogP contribution in [0.4, 0.5) is 0 Å². The average molecular weight is 442 g/mol. The zero-order chi connectivity index (χ0) is 23.0. The Kier molecular flexibility index (Phi) is 5.01. The van der Waals surface area contributed by atoms with Gasteiger partial charge < -0.3 is 14.3 Å². The molecule has 33 heavy (non-hydrogen) atoms. The van der Waals surface area contributed by atoms with Gasteiger partial charge in [-0.2, -0.15) is 10.1 Å². The Bertz CT molecular complexity index is 1420. The predicted molar refractivity (Wildman–Crippen MR) is 120 cm³/mol. The van der Waals surface area contributed by atoms with Crippen molar-refractivity contribution in [2.24, 2.45) is 0 Å². The van der Waals surface area contributed by atoms with Gasteiger partial charge in [-0.1, -0.05) is 35.5 Å². The molecule has 0 bridgehead atoms. The van der Waals surface area contributed by atoms with Gasteiger partial charge >= 0.3 is 0 Å². The Morgan fingerprint density at radius 1 is 1.12 bits per heavy atom. The topological polar surface area (TPSA) is 112 Å². The van der Waals surface area contributed by atoms with Crippen LogP contribution in [-0.4, -0.2) is 30.8 Å². The van der Waals surface area contributed by atoms with Gasteiger partial charge in [-0.05, 0) is 32.0 Å². The molecular formula is C24H22N6O3. The van der Waals surface area contributed by atoms with E-state index in [9.17, 15) is 4.79 Å². The lowest BCUT2D eigenvalue weighted by Crippen LogP contribution is -2.42. The van der Waals surface area contributed by atoms with Crippen molar-refractivity contribution in [1.82, 2.24) is 30.2 Å². The van der Waals surface area contributed by atoms with E-state index in [0.29, 0.717) is 40.6 Å². The highest BCUT2D eigenvalue weighted by molar-refractivity contribution is 6.06. The molecule has 1 N–H and O–H groups in total. The Hall–Kier alpha value is -4.27. The summed E-state index contributed by atoms with van der Waals surface area (Å²) in [6.45, 7) is 5.76. The van der Waals surface area contributed by atoms with E-state index in [1.807, 2.05) is 56.3 Å². The van der Waals surface area contributed by atoms with Crippen molar-refractivity contribution in [2.75, 3.05) is 0 Å². The van der Waals surface area contributed by atoms with E-state index >= 15 is 0 Å². The van der Waals surface area contributed by atoms with Crippen molar-refractivity contribution >= 4 is 16.9 Å². The predicted octanol–water partition coefficient (Wildman–Crippen LogP) is 4.10. The lowest BCUT2D eigenvalue weighted by molar-refractivity contribution is 0.0909. The van der Waals surface area contributed by atoms with Crippen molar-refractivity contribution in [3.8, 4) is 11.3 Å². The molecule has 9 nitrogen and oxygen atoms in total. The fourth-order valence-electron chi connectivity index (χ4n) is 3.62. The molecule has 0 fully saturated rings. The van der Waals surface area contributed by atoms with E-state index in [1.54, 1.807) is 30.1 Å². The third-order valence-electron chi connectivity index (χ3n) is 5.32. The van der Waals surface area contributed by atoms with E-state index in [1.165, 1.54) is 0 Å². The lowest BCUT2D eigenvalue weighted by atomic mass is 10.0. The number of furan rings is 1.